The van der Waals surface area contributed by atoms with Gasteiger partial charge in [-0.15, -0.1) is 0 Å². The maximum atomic E-state index is 11.9. The monoisotopic (exact) mass is 370 g/mol. The summed E-state index contributed by atoms with van der Waals surface area (Å²) in [7, 11) is 1.47. The first-order valence-electron chi connectivity index (χ1n) is 6.20. The number of Topliss-reactive ketones (excluding diaryl/α,β-unsaturated/α-hetero) is 1. The highest BCUT2D eigenvalue weighted by molar-refractivity contribution is 9.10. The zero-order valence-corrected chi connectivity index (χ0v) is 14.2. The number of methoxy groups -OCH3 is 1. The standard InChI is InChI=1S/C14H15BrN2O3S/c1-6-11(7(2)18)12(17-14(21)16-6)8-4-9(15)13(19)10(5-8)20-3/h4-5,12,19H,1-3H3,(H2,16,17,21)/t12-/m1/s1. The number of ketones is 1. The van der Waals surface area contributed by atoms with Crippen molar-refractivity contribution in [1.82, 2.24) is 10.6 Å². The van der Waals surface area contributed by atoms with Crippen LogP contribution >= 0.6 is 28.1 Å². The number of benzene rings is 1. The minimum absolute atomic E-state index is 0.0165. The second kappa shape index (κ2) is 6.03. The van der Waals surface area contributed by atoms with Gasteiger partial charge in [0.1, 0.15) is 0 Å². The summed E-state index contributed by atoms with van der Waals surface area (Å²) in [5, 5.41) is 16.4. The van der Waals surface area contributed by atoms with Crippen LogP contribution in [0.2, 0.25) is 0 Å². The molecule has 1 heterocycles. The molecule has 0 unspecified atom stereocenters. The molecule has 1 aliphatic heterocycles. The van der Waals surface area contributed by atoms with E-state index in [0.717, 1.165) is 11.3 Å². The molecule has 3 N–H and O–H groups in total. The molecule has 5 nitrogen and oxygen atoms in total. The van der Waals surface area contributed by atoms with Gasteiger partial charge in [0, 0.05) is 11.3 Å². The Labute approximate surface area is 136 Å². The van der Waals surface area contributed by atoms with Crippen molar-refractivity contribution in [3.63, 3.8) is 0 Å². The highest BCUT2D eigenvalue weighted by Gasteiger charge is 2.28. The molecule has 1 aromatic rings. The number of hydrogen-bond donors (Lipinski definition) is 3. The zero-order valence-electron chi connectivity index (χ0n) is 11.8. The number of aromatic hydroxyl groups is 1. The van der Waals surface area contributed by atoms with E-state index in [4.69, 9.17) is 17.0 Å². The average molecular weight is 371 g/mol. The molecule has 1 aliphatic rings. The minimum atomic E-state index is -0.387. The highest BCUT2D eigenvalue weighted by Crippen LogP contribution is 2.39. The van der Waals surface area contributed by atoms with Crippen LogP contribution in [0.25, 0.3) is 0 Å². The number of allylic oxidation sites excluding steroid dienone is 1. The van der Waals surface area contributed by atoms with Gasteiger partial charge in [0.25, 0.3) is 0 Å². The highest BCUT2D eigenvalue weighted by atomic mass is 79.9. The number of halogens is 1. The Kier molecular flexibility index (Phi) is 4.53. The summed E-state index contributed by atoms with van der Waals surface area (Å²) < 4.78 is 5.64. The summed E-state index contributed by atoms with van der Waals surface area (Å²) in [5.74, 6) is 0.289. The van der Waals surface area contributed by atoms with E-state index in [1.807, 2.05) is 6.92 Å². The van der Waals surface area contributed by atoms with Crippen molar-refractivity contribution < 1.29 is 14.6 Å². The third-order valence-corrected chi connectivity index (χ3v) is 4.08. The lowest BCUT2D eigenvalue weighted by Crippen LogP contribution is -2.44. The van der Waals surface area contributed by atoms with E-state index in [0.29, 0.717) is 20.9 Å². The van der Waals surface area contributed by atoms with Crippen molar-refractivity contribution in [1.29, 1.82) is 0 Å². The van der Waals surface area contributed by atoms with Crippen LogP contribution in [0, 0.1) is 0 Å². The topological polar surface area (TPSA) is 70.6 Å². The molecule has 21 heavy (non-hydrogen) atoms. The van der Waals surface area contributed by atoms with E-state index in [9.17, 15) is 9.90 Å². The summed E-state index contributed by atoms with van der Waals surface area (Å²) in [4.78, 5) is 11.9. The first-order chi connectivity index (χ1) is 9.85. The predicted molar refractivity (Wildman–Crippen MR) is 87.4 cm³/mol. The number of carbonyl (C=O) groups excluding carboxylic acids is 1. The average Bonchev–Trinajstić information content (AvgIpc) is 2.40. The number of phenolic OH excluding ortho intramolecular Hbond substituents is 1. The largest absolute Gasteiger partial charge is 0.503 e. The fourth-order valence-corrected chi connectivity index (χ4v) is 3.06. The Morgan fingerprint density at radius 1 is 1.48 bits per heavy atom. The number of carbonyl (C=O) groups is 1. The third-order valence-electron chi connectivity index (χ3n) is 3.25. The van der Waals surface area contributed by atoms with Gasteiger partial charge in [-0.25, -0.2) is 0 Å². The van der Waals surface area contributed by atoms with Crippen LogP contribution in [0.5, 0.6) is 11.5 Å². The normalized spacial score (nSPS) is 18.1. The number of thiocarbonyl (C=S) groups is 1. The summed E-state index contributed by atoms with van der Waals surface area (Å²) in [6.45, 7) is 3.32. The van der Waals surface area contributed by atoms with Crippen molar-refractivity contribution in [2.45, 2.75) is 19.9 Å². The van der Waals surface area contributed by atoms with Gasteiger partial charge >= 0.3 is 0 Å². The van der Waals surface area contributed by atoms with Crippen molar-refractivity contribution >= 4 is 39.0 Å². The van der Waals surface area contributed by atoms with Gasteiger partial charge in [-0.3, -0.25) is 4.79 Å². The van der Waals surface area contributed by atoms with Gasteiger partial charge in [-0.05, 0) is 59.7 Å². The quantitative estimate of drug-likeness (QED) is 0.710. The molecule has 7 heteroatoms. The van der Waals surface area contributed by atoms with Crippen LogP contribution in [0.15, 0.2) is 27.9 Å². The van der Waals surface area contributed by atoms with Crippen LogP contribution in [0.4, 0.5) is 0 Å². The lowest BCUT2D eigenvalue weighted by molar-refractivity contribution is -0.114. The molecule has 0 aliphatic carbocycles. The van der Waals surface area contributed by atoms with Gasteiger partial charge in [-0.1, -0.05) is 0 Å². The molecule has 0 saturated carbocycles. The SMILES string of the molecule is COc1cc([C@H]2NC(=S)NC(C)=C2C(C)=O)cc(Br)c1O. The zero-order chi connectivity index (χ0) is 15.7. The van der Waals surface area contributed by atoms with E-state index in [2.05, 4.69) is 26.6 Å². The van der Waals surface area contributed by atoms with E-state index in [-0.39, 0.29) is 17.6 Å². The fourth-order valence-electron chi connectivity index (χ4n) is 2.33. The first kappa shape index (κ1) is 15.8. The minimum Gasteiger partial charge on any atom is -0.503 e. The molecule has 0 aromatic heterocycles. The molecule has 0 fully saturated rings. The molecular weight excluding hydrogens is 356 g/mol. The van der Waals surface area contributed by atoms with Crippen LogP contribution in [-0.4, -0.2) is 23.1 Å². The number of hydrogen-bond acceptors (Lipinski definition) is 4. The van der Waals surface area contributed by atoms with E-state index >= 15 is 0 Å². The Bertz CT molecular complexity index is 658. The van der Waals surface area contributed by atoms with Crippen molar-refractivity contribution in [2.75, 3.05) is 7.11 Å². The number of ether oxygens (including phenoxy) is 1. The number of nitrogens with one attached hydrogen (secondary N) is 2. The van der Waals surface area contributed by atoms with Gasteiger partial charge < -0.3 is 20.5 Å². The maximum absolute atomic E-state index is 11.9. The number of phenols is 1. The first-order valence-corrected chi connectivity index (χ1v) is 7.41. The molecule has 0 bridgehead atoms. The van der Waals surface area contributed by atoms with E-state index in [1.54, 1.807) is 12.1 Å². The van der Waals surface area contributed by atoms with Crippen molar-refractivity contribution in [3.8, 4) is 11.5 Å². The predicted octanol–water partition coefficient (Wildman–Crippen LogP) is 2.55. The van der Waals surface area contributed by atoms with Crippen LogP contribution in [-0.2, 0) is 4.79 Å². The van der Waals surface area contributed by atoms with Crippen LogP contribution < -0.4 is 15.4 Å². The van der Waals surface area contributed by atoms with Crippen LogP contribution in [0.3, 0.4) is 0 Å². The van der Waals surface area contributed by atoms with Crippen LogP contribution in [0.1, 0.15) is 25.5 Å². The second-order valence-electron chi connectivity index (χ2n) is 4.68. The Morgan fingerprint density at radius 3 is 2.71 bits per heavy atom. The number of rotatable bonds is 3. The molecule has 1 atom stereocenters. The molecule has 0 spiro atoms. The maximum Gasteiger partial charge on any atom is 0.172 e. The molecule has 0 radical (unpaired) electrons. The lowest BCUT2D eigenvalue weighted by Gasteiger charge is -2.30. The Hall–Kier alpha value is -1.60. The molecule has 0 amide bonds. The molecule has 2 rings (SSSR count). The summed E-state index contributed by atoms with van der Waals surface area (Å²) in [6, 6.07) is 3.03. The molecule has 112 valence electrons. The summed E-state index contributed by atoms with van der Waals surface area (Å²) in [6.07, 6.45) is 0. The van der Waals surface area contributed by atoms with E-state index < -0.39 is 0 Å². The lowest BCUT2D eigenvalue weighted by atomic mass is 9.93. The fraction of sp³-hybridized carbons (Fsp3) is 0.286. The van der Waals surface area contributed by atoms with Gasteiger partial charge in [0.15, 0.2) is 22.4 Å². The van der Waals surface area contributed by atoms with Gasteiger partial charge in [0.05, 0.1) is 17.6 Å². The van der Waals surface area contributed by atoms with Crippen molar-refractivity contribution in [3.05, 3.63) is 33.4 Å². The van der Waals surface area contributed by atoms with Gasteiger partial charge in [-0.2, -0.15) is 0 Å². The third kappa shape index (κ3) is 3.03. The molecule has 0 saturated heterocycles. The van der Waals surface area contributed by atoms with Crippen molar-refractivity contribution in [2.24, 2.45) is 0 Å². The molecule has 1 aromatic carbocycles. The summed E-state index contributed by atoms with van der Waals surface area (Å²) in [5.41, 5.74) is 2.09. The Morgan fingerprint density at radius 2 is 2.14 bits per heavy atom. The Balaban J connectivity index is 2.58. The van der Waals surface area contributed by atoms with Gasteiger partial charge in [0.2, 0.25) is 0 Å². The van der Waals surface area contributed by atoms with E-state index in [1.165, 1.54) is 14.0 Å². The second-order valence-corrected chi connectivity index (χ2v) is 5.94. The smallest absolute Gasteiger partial charge is 0.172 e. The molecular formula is C14H15BrN2O3S. The summed E-state index contributed by atoms with van der Waals surface area (Å²) >= 11 is 8.44.